The largest absolute Gasteiger partial charge is 0.488 e. The maximum Gasteiger partial charge on any atom is 0.416 e. The Morgan fingerprint density at radius 1 is 1.18 bits per heavy atom. The first-order valence-electron chi connectivity index (χ1n) is 9.24. The summed E-state index contributed by atoms with van der Waals surface area (Å²) in [6.07, 6.45) is -3.35. The number of hydrogen-bond donors (Lipinski definition) is 1. The number of nitriles is 1. The molecule has 0 bridgehead atoms. The van der Waals surface area contributed by atoms with Gasteiger partial charge in [0.1, 0.15) is 18.0 Å². The summed E-state index contributed by atoms with van der Waals surface area (Å²) in [6.45, 7) is 0.189. The molecule has 7 nitrogen and oxygen atoms in total. The fourth-order valence-electron chi connectivity index (χ4n) is 2.76. The molecule has 3 aromatic rings. The van der Waals surface area contributed by atoms with Gasteiger partial charge >= 0.3 is 6.18 Å². The van der Waals surface area contributed by atoms with E-state index in [-0.39, 0.29) is 12.3 Å². The number of nitro groups is 1. The zero-order valence-corrected chi connectivity index (χ0v) is 18.2. The lowest BCUT2D eigenvalue weighted by atomic mass is 10.1. The molecule has 0 amide bonds. The van der Waals surface area contributed by atoms with Gasteiger partial charge in [-0.3, -0.25) is 15.5 Å². The molecule has 3 rings (SSSR count). The molecule has 168 valence electrons. The molecule has 11 heteroatoms. The average molecular weight is 519 g/mol. The van der Waals surface area contributed by atoms with Gasteiger partial charge in [0.25, 0.3) is 5.69 Å². The Morgan fingerprint density at radius 3 is 2.61 bits per heavy atom. The van der Waals surface area contributed by atoms with Crippen LogP contribution in [0.3, 0.4) is 0 Å². The molecule has 0 spiro atoms. The summed E-state index contributed by atoms with van der Waals surface area (Å²) < 4.78 is 44.7. The summed E-state index contributed by atoms with van der Waals surface area (Å²) in [5, 5.41) is 24.1. The van der Waals surface area contributed by atoms with Gasteiger partial charge in [-0.1, -0.05) is 18.2 Å². The van der Waals surface area contributed by atoms with Crippen LogP contribution in [0.2, 0.25) is 0 Å². The molecule has 0 aliphatic heterocycles. The summed E-state index contributed by atoms with van der Waals surface area (Å²) in [7, 11) is 0. The monoisotopic (exact) mass is 518 g/mol. The first-order valence-corrected chi connectivity index (χ1v) is 10.0. The number of hydrazone groups is 1. The maximum atomic E-state index is 12.8. The number of nitrogens with one attached hydrogen (secondary N) is 1. The van der Waals surface area contributed by atoms with E-state index in [9.17, 15) is 23.3 Å². The van der Waals surface area contributed by atoms with Crippen molar-refractivity contribution in [1.29, 1.82) is 5.26 Å². The Bertz CT molecular complexity index is 1260. The Labute approximate surface area is 194 Å². The van der Waals surface area contributed by atoms with E-state index < -0.39 is 22.4 Å². The van der Waals surface area contributed by atoms with Crippen LogP contribution >= 0.6 is 15.9 Å². The van der Waals surface area contributed by atoms with E-state index in [4.69, 9.17) is 10.00 Å². The van der Waals surface area contributed by atoms with Crippen LogP contribution in [0.25, 0.3) is 0 Å². The normalized spacial score (nSPS) is 11.2. The standard InChI is InChI=1S/C22H14BrF3N4O3/c23-18-9-14(5-8-21(18)33-13-16-4-2-1-3-15(16)11-27)12-28-29-19-7-6-17(22(24,25)26)10-20(19)30(31)32/h1-10,12,29H,13H2/b28-12-. The number of nitrogens with zero attached hydrogens (tertiary/aromatic N) is 3. The van der Waals surface area contributed by atoms with Gasteiger partial charge in [0.15, 0.2) is 0 Å². The molecule has 0 aliphatic carbocycles. The quantitative estimate of drug-likeness (QED) is 0.225. The molecule has 0 saturated heterocycles. The van der Waals surface area contributed by atoms with E-state index in [1.807, 2.05) is 6.07 Å². The lowest BCUT2D eigenvalue weighted by Gasteiger charge is -2.10. The third kappa shape index (κ3) is 6.08. The number of ether oxygens (including phenoxy) is 1. The van der Waals surface area contributed by atoms with E-state index in [2.05, 4.69) is 32.5 Å². The molecule has 0 fully saturated rings. The number of rotatable bonds is 7. The van der Waals surface area contributed by atoms with E-state index in [1.54, 1.807) is 36.4 Å². The maximum absolute atomic E-state index is 12.8. The second-order valence-corrected chi connectivity index (χ2v) is 7.46. The van der Waals surface area contributed by atoms with Crippen molar-refractivity contribution in [3.8, 4) is 11.8 Å². The molecule has 0 saturated carbocycles. The predicted octanol–water partition coefficient (Wildman–Crippen LogP) is 6.27. The minimum Gasteiger partial charge on any atom is -0.488 e. The highest BCUT2D eigenvalue weighted by Crippen LogP contribution is 2.35. The van der Waals surface area contributed by atoms with Crippen molar-refractivity contribution in [2.24, 2.45) is 5.10 Å². The number of anilines is 1. The smallest absolute Gasteiger partial charge is 0.416 e. The number of halogens is 4. The first kappa shape index (κ1) is 23.7. The Kier molecular flexibility index (Phi) is 7.30. The van der Waals surface area contributed by atoms with E-state index in [0.717, 1.165) is 17.7 Å². The number of hydrogen-bond acceptors (Lipinski definition) is 6. The van der Waals surface area contributed by atoms with Crippen molar-refractivity contribution in [2.45, 2.75) is 12.8 Å². The second kappa shape index (κ2) is 10.1. The molecular formula is C22H14BrF3N4O3. The minimum absolute atomic E-state index is 0.181. The van der Waals surface area contributed by atoms with Gasteiger partial charge in [-0.05, 0) is 57.9 Å². The van der Waals surface area contributed by atoms with Gasteiger partial charge in [0, 0.05) is 11.6 Å². The zero-order valence-electron chi connectivity index (χ0n) is 16.6. The van der Waals surface area contributed by atoms with Crippen molar-refractivity contribution >= 4 is 33.5 Å². The van der Waals surface area contributed by atoms with Crippen molar-refractivity contribution in [2.75, 3.05) is 5.43 Å². The fraction of sp³-hybridized carbons (Fsp3) is 0.0909. The van der Waals surface area contributed by atoms with Crippen LogP contribution in [-0.2, 0) is 12.8 Å². The summed E-state index contributed by atoms with van der Waals surface area (Å²) >= 11 is 3.38. The van der Waals surface area contributed by atoms with Crippen LogP contribution in [0, 0.1) is 21.4 Å². The fourth-order valence-corrected chi connectivity index (χ4v) is 3.27. The molecule has 0 heterocycles. The van der Waals surface area contributed by atoms with Gasteiger partial charge in [-0.15, -0.1) is 0 Å². The Morgan fingerprint density at radius 2 is 1.94 bits per heavy atom. The van der Waals surface area contributed by atoms with Crippen molar-refractivity contribution in [3.05, 3.63) is 97.5 Å². The number of benzene rings is 3. The lowest BCUT2D eigenvalue weighted by Crippen LogP contribution is -2.06. The lowest BCUT2D eigenvalue weighted by molar-refractivity contribution is -0.384. The molecule has 0 radical (unpaired) electrons. The molecule has 33 heavy (non-hydrogen) atoms. The predicted molar refractivity (Wildman–Crippen MR) is 119 cm³/mol. The van der Waals surface area contributed by atoms with E-state index in [1.165, 1.54) is 6.21 Å². The first-order chi connectivity index (χ1) is 15.7. The van der Waals surface area contributed by atoms with Crippen LogP contribution < -0.4 is 10.2 Å². The third-order valence-electron chi connectivity index (χ3n) is 4.40. The number of nitro benzene ring substituents is 1. The van der Waals surface area contributed by atoms with Crippen molar-refractivity contribution < 1.29 is 22.8 Å². The minimum atomic E-state index is -4.70. The SMILES string of the molecule is N#Cc1ccccc1COc1ccc(/C=N\Nc2ccc(C(F)(F)F)cc2[N+](=O)[O-])cc1Br. The summed E-state index contributed by atoms with van der Waals surface area (Å²) in [5.41, 5.74) is 2.19. The summed E-state index contributed by atoms with van der Waals surface area (Å²) in [6, 6.07) is 16.3. The van der Waals surface area contributed by atoms with Crippen molar-refractivity contribution in [1.82, 2.24) is 0 Å². The topological polar surface area (TPSA) is 101 Å². The molecule has 0 unspecified atom stereocenters. The molecule has 3 aromatic carbocycles. The van der Waals surface area contributed by atoms with Crippen LogP contribution in [0.1, 0.15) is 22.3 Å². The third-order valence-corrected chi connectivity index (χ3v) is 5.02. The number of alkyl halides is 3. The highest BCUT2D eigenvalue weighted by atomic mass is 79.9. The molecule has 1 N–H and O–H groups in total. The van der Waals surface area contributed by atoms with Crippen LogP contribution in [0.5, 0.6) is 5.75 Å². The molecule has 0 atom stereocenters. The molecule has 0 aromatic heterocycles. The van der Waals surface area contributed by atoms with Gasteiger partial charge in [-0.25, -0.2) is 0 Å². The van der Waals surface area contributed by atoms with Gasteiger partial charge < -0.3 is 4.74 Å². The van der Waals surface area contributed by atoms with Crippen molar-refractivity contribution in [3.63, 3.8) is 0 Å². The van der Waals surface area contributed by atoms with Crippen LogP contribution in [0.4, 0.5) is 24.5 Å². The van der Waals surface area contributed by atoms with E-state index >= 15 is 0 Å². The van der Waals surface area contributed by atoms with E-state index in [0.29, 0.717) is 27.4 Å². The van der Waals surface area contributed by atoms with Gasteiger partial charge in [0.2, 0.25) is 0 Å². The van der Waals surface area contributed by atoms with Gasteiger partial charge in [0.05, 0.1) is 32.8 Å². The zero-order chi connectivity index (χ0) is 24.0. The Hall–Kier alpha value is -3.91. The van der Waals surface area contributed by atoms with Gasteiger partial charge in [-0.2, -0.15) is 23.5 Å². The highest BCUT2D eigenvalue weighted by molar-refractivity contribution is 9.10. The average Bonchev–Trinajstić information content (AvgIpc) is 2.78. The molecule has 0 aliphatic rings. The highest BCUT2D eigenvalue weighted by Gasteiger charge is 2.33. The summed E-state index contributed by atoms with van der Waals surface area (Å²) in [4.78, 5) is 10.2. The van der Waals surface area contributed by atoms with Crippen LogP contribution in [-0.4, -0.2) is 11.1 Å². The summed E-state index contributed by atoms with van der Waals surface area (Å²) in [5.74, 6) is 0.520. The van der Waals surface area contributed by atoms with Crippen LogP contribution in [0.15, 0.2) is 70.2 Å². The Balaban J connectivity index is 1.70. The second-order valence-electron chi connectivity index (χ2n) is 6.60. The molecular weight excluding hydrogens is 505 g/mol.